The Morgan fingerprint density at radius 1 is 1.04 bits per heavy atom. The molecule has 1 aliphatic carbocycles. The Kier molecular flexibility index (Phi) is 6.72. The van der Waals surface area contributed by atoms with Crippen molar-refractivity contribution in [2.45, 2.75) is 39.0 Å². The summed E-state index contributed by atoms with van der Waals surface area (Å²) < 4.78 is 0. The molecule has 2 N–H and O–H groups in total. The Bertz CT molecular complexity index is 549. The molecule has 0 heterocycles. The molecule has 0 radical (unpaired) electrons. The van der Waals surface area contributed by atoms with E-state index >= 15 is 0 Å². The number of hydrogen-bond acceptors (Lipinski definition) is 2. The summed E-state index contributed by atoms with van der Waals surface area (Å²) >= 11 is 12.1. The van der Waals surface area contributed by atoms with Gasteiger partial charge in [-0.25, -0.2) is 0 Å². The number of hydrogen-bond donors (Lipinski definition) is 2. The summed E-state index contributed by atoms with van der Waals surface area (Å²) in [5, 5.41) is 6.61. The van der Waals surface area contributed by atoms with Crippen LogP contribution >= 0.6 is 23.2 Å². The fraction of sp³-hybridized carbons (Fsp3) is 0.529. The van der Waals surface area contributed by atoms with Gasteiger partial charge in [-0.05, 0) is 44.2 Å². The Morgan fingerprint density at radius 2 is 1.57 bits per heavy atom. The van der Waals surface area contributed by atoms with Crippen LogP contribution in [0.5, 0.6) is 0 Å². The zero-order valence-corrected chi connectivity index (χ0v) is 14.7. The molecule has 0 unspecified atom stereocenters. The summed E-state index contributed by atoms with van der Waals surface area (Å²) in [4.78, 5) is 24.4. The van der Waals surface area contributed by atoms with Crippen LogP contribution in [0.25, 0.3) is 0 Å². The molecular formula is C17H22Cl2N2O2. The predicted octanol–water partition coefficient (Wildman–Crippen LogP) is 4.26. The zero-order chi connectivity index (χ0) is 16.8. The van der Waals surface area contributed by atoms with Crippen molar-refractivity contribution in [3.8, 4) is 0 Å². The highest BCUT2D eigenvalue weighted by Crippen LogP contribution is 2.33. The molecule has 0 aliphatic heterocycles. The number of carbonyl (C=O) groups excluding carboxylic acids is 2. The molecule has 4 nitrogen and oxygen atoms in total. The van der Waals surface area contributed by atoms with E-state index in [4.69, 9.17) is 23.2 Å². The lowest BCUT2D eigenvalue weighted by Crippen LogP contribution is -2.35. The van der Waals surface area contributed by atoms with E-state index in [0.717, 1.165) is 19.3 Å². The highest BCUT2D eigenvalue weighted by atomic mass is 35.5. The summed E-state index contributed by atoms with van der Waals surface area (Å²) in [6.07, 6.45) is 3.83. The fourth-order valence-electron chi connectivity index (χ4n) is 2.85. The van der Waals surface area contributed by atoms with Crippen LogP contribution in [0.4, 0.5) is 5.69 Å². The zero-order valence-electron chi connectivity index (χ0n) is 13.2. The van der Waals surface area contributed by atoms with Crippen LogP contribution in [0.2, 0.25) is 10.0 Å². The summed E-state index contributed by atoms with van der Waals surface area (Å²) in [5.74, 6) is -0.0423. The fourth-order valence-corrected chi connectivity index (χ4v) is 3.34. The first-order valence-electron chi connectivity index (χ1n) is 8.05. The lowest BCUT2D eigenvalue weighted by molar-refractivity contribution is -0.128. The van der Waals surface area contributed by atoms with Crippen molar-refractivity contribution < 1.29 is 9.59 Å². The van der Waals surface area contributed by atoms with Gasteiger partial charge in [-0.2, -0.15) is 0 Å². The Balaban J connectivity index is 1.88. The molecule has 2 rings (SSSR count). The van der Waals surface area contributed by atoms with E-state index in [2.05, 4.69) is 10.6 Å². The van der Waals surface area contributed by atoms with Gasteiger partial charge in [-0.3, -0.25) is 9.59 Å². The van der Waals surface area contributed by atoms with Gasteiger partial charge in [-0.1, -0.05) is 36.2 Å². The van der Waals surface area contributed by atoms with Gasteiger partial charge < -0.3 is 10.6 Å². The number of amides is 2. The molecule has 126 valence electrons. The largest absolute Gasteiger partial charge is 0.356 e. The second kappa shape index (κ2) is 8.55. The van der Waals surface area contributed by atoms with Gasteiger partial charge in [0, 0.05) is 18.4 Å². The van der Waals surface area contributed by atoms with Gasteiger partial charge in [0.1, 0.15) is 0 Å². The van der Waals surface area contributed by atoms with Gasteiger partial charge >= 0.3 is 0 Å². The second-order valence-corrected chi connectivity index (χ2v) is 6.74. The summed E-state index contributed by atoms with van der Waals surface area (Å²) in [6.45, 7) is 2.74. The van der Waals surface area contributed by atoms with Gasteiger partial charge in [0.25, 0.3) is 0 Å². The highest BCUT2D eigenvalue weighted by Gasteiger charge is 2.30. The minimum absolute atomic E-state index is 0.0227. The van der Waals surface area contributed by atoms with Crippen LogP contribution in [-0.4, -0.2) is 18.4 Å². The monoisotopic (exact) mass is 356 g/mol. The lowest BCUT2D eigenvalue weighted by atomic mass is 9.81. The maximum atomic E-state index is 12.4. The minimum Gasteiger partial charge on any atom is -0.356 e. The first-order valence-corrected chi connectivity index (χ1v) is 8.81. The molecule has 0 bridgehead atoms. The standard InChI is InChI=1S/C17H22Cl2N2O2/c1-2-10-20-16(22)11-6-8-12(9-7-11)17(23)21-15-13(18)4-3-5-14(15)19/h3-5,11-12H,2,6-10H2,1H3,(H,20,22)(H,21,23). The van der Waals surface area contributed by atoms with Gasteiger partial charge in [0.2, 0.25) is 11.8 Å². The SMILES string of the molecule is CCCNC(=O)C1CCC(C(=O)Nc2c(Cl)cccc2Cl)CC1. The number of nitrogens with one attached hydrogen (secondary N) is 2. The van der Waals surface area contributed by atoms with Crippen LogP contribution in [0, 0.1) is 11.8 Å². The third-order valence-electron chi connectivity index (χ3n) is 4.23. The van der Waals surface area contributed by atoms with E-state index in [9.17, 15) is 9.59 Å². The first-order chi connectivity index (χ1) is 11.0. The number of para-hydroxylation sites is 1. The van der Waals surface area contributed by atoms with Gasteiger partial charge in [0.05, 0.1) is 15.7 Å². The molecule has 1 aliphatic rings. The summed E-state index contributed by atoms with van der Waals surface area (Å²) in [6, 6.07) is 5.12. The number of benzene rings is 1. The highest BCUT2D eigenvalue weighted by molar-refractivity contribution is 6.39. The number of carbonyl (C=O) groups is 2. The van der Waals surface area contributed by atoms with E-state index < -0.39 is 0 Å². The van der Waals surface area contributed by atoms with Crippen LogP contribution in [0.15, 0.2) is 18.2 Å². The van der Waals surface area contributed by atoms with Gasteiger partial charge in [0.15, 0.2) is 0 Å². The lowest BCUT2D eigenvalue weighted by Gasteiger charge is -2.27. The molecule has 2 amide bonds. The normalized spacial score (nSPS) is 20.8. The second-order valence-electron chi connectivity index (χ2n) is 5.93. The summed E-state index contributed by atoms with van der Waals surface area (Å²) in [5.41, 5.74) is 0.462. The molecule has 23 heavy (non-hydrogen) atoms. The maximum absolute atomic E-state index is 12.4. The predicted molar refractivity (Wildman–Crippen MR) is 93.8 cm³/mol. The number of rotatable bonds is 5. The van der Waals surface area contributed by atoms with E-state index in [-0.39, 0.29) is 23.7 Å². The molecule has 6 heteroatoms. The van der Waals surface area contributed by atoms with E-state index in [1.54, 1.807) is 18.2 Å². The number of anilines is 1. The van der Waals surface area contributed by atoms with Crippen molar-refractivity contribution in [1.29, 1.82) is 0 Å². The van der Waals surface area contributed by atoms with Crippen molar-refractivity contribution >= 4 is 40.7 Å². The first kappa shape index (κ1) is 18.1. The van der Waals surface area contributed by atoms with Crippen LogP contribution < -0.4 is 10.6 Å². The molecule has 1 fully saturated rings. The molecule has 1 saturated carbocycles. The quantitative estimate of drug-likeness (QED) is 0.827. The van der Waals surface area contributed by atoms with Crippen molar-refractivity contribution in [2.75, 3.05) is 11.9 Å². The Labute approximate surface area is 146 Å². The van der Waals surface area contributed by atoms with Crippen LogP contribution in [-0.2, 0) is 9.59 Å². The topological polar surface area (TPSA) is 58.2 Å². The molecular weight excluding hydrogens is 335 g/mol. The molecule has 0 saturated heterocycles. The number of halogens is 2. The third kappa shape index (κ3) is 4.85. The summed E-state index contributed by atoms with van der Waals surface area (Å²) in [7, 11) is 0. The van der Waals surface area contributed by atoms with Crippen molar-refractivity contribution in [3.05, 3.63) is 28.2 Å². The smallest absolute Gasteiger partial charge is 0.227 e. The van der Waals surface area contributed by atoms with E-state index in [0.29, 0.717) is 35.1 Å². The molecule has 1 aromatic rings. The van der Waals surface area contributed by atoms with Crippen LogP contribution in [0.3, 0.4) is 0 Å². The molecule has 0 atom stereocenters. The minimum atomic E-state index is -0.0995. The van der Waals surface area contributed by atoms with Crippen molar-refractivity contribution in [2.24, 2.45) is 11.8 Å². The van der Waals surface area contributed by atoms with Crippen LogP contribution in [0.1, 0.15) is 39.0 Å². The maximum Gasteiger partial charge on any atom is 0.227 e. The average Bonchev–Trinajstić information content (AvgIpc) is 2.56. The third-order valence-corrected chi connectivity index (χ3v) is 4.86. The van der Waals surface area contributed by atoms with Crippen molar-refractivity contribution in [3.63, 3.8) is 0 Å². The molecule has 0 spiro atoms. The molecule has 0 aromatic heterocycles. The Hall–Kier alpha value is -1.26. The van der Waals surface area contributed by atoms with E-state index in [1.165, 1.54) is 0 Å². The van der Waals surface area contributed by atoms with Gasteiger partial charge in [-0.15, -0.1) is 0 Å². The Morgan fingerprint density at radius 3 is 2.09 bits per heavy atom. The average molecular weight is 357 g/mol. The molecule has 1 aromatic carbocycles. The van der Waals surface area contributed by atoms with Crippen molar-refractivity contribution in [1.82, 2.24) is 5.32 Å². The van der Waals surface area contributed by atoms with E-state index in [1.807, 2.05) is 6.92 Å².